The SMILES string of the molecule is O=C(NCCC(=O)N1CC(O)CC1C(=O)O)OCC1c2ccccc2-c2ccccc21. The van der Waals surface area contributed by atoms with Crippen LogP contribution in [0.25, 0.3) is 11.1 Å². The molecule has 0 bridgehead atoms. The number of β-amino-alcohol motifs (C(OH)–C–C–N with tert-alkyl or cyclic N) is 1. The Labute approximate surface area is 179 Å². The van der Waals surface area contributed by atoms with Crippen molar-refractivity contribution in [3.05, 3.63) is 59.7 Å². The Morgan fingerprint density at radius 1 is 1.03 bits per heavy atom. The lowest BCUT2D eigenvalue weighted by Crippen LogP contribution is -2.42. The van der Waals surface area contributed by atoms with E-state index in [0.29, 0.717) is 0 Å². The summed E-state index contributed by atoms with van der Waals surface area (Å²) in [6.07, 6.45) is -1.53. The topological polar surface area (TPSA) is 116 Å². The first kappa shape index (κ1) is 20.9. The Bertz CT molecular complexity index is 962. The number of alkyl carbamates (subject to hydrolysis) is 1. The number of fused-ring (bicyclic) bond motifs is 3. The first-order valence-corrected chi connectivity index (χ1v) is 10.2. The largest absolute Gasteiger partial charge is 0.480 e. The highest BCUT2D eigenvalue weighted by Crippen LogP contribution is 2.44. The number of hydrogen-bond donors (Lipinski definition) is 3. The molecule has 1 fully saturated rings. The molecular weight excluding hydrogens is 400 g/mol. The predicted molar refractivity (Wildman–Crippen MR) is 111 cm³/mol. The van der Waals surface area contributed by atoms with Crippen molar-refractivity contribution in [2.24, 2.45) is 0 Å². The van der Waals surface area contributed by atoms with Gasteiger partial charge in [-0.25, -0.2) is 9.59 Å². The van der Waals surface area contributed by atoms with Crippen LogP contribution in [0.2, 0.25) is 0 Å². The number of carbonyl (C=O) groups is 3. The molecule has 0 saturated carbocycles. The number of carboxylic acid groups (broad SMARTS) is 1. The molecular formula is C23H24N2O6. The zero-order chi connectivity index (χ0) is 22.0. The smallest absolute Gasteiger partial charge is 0.407 e. The van der Waals surface area contributed by atoms with Crippen molar-refractivity contribution in [3.8, 4) is 11.1 Å². The van der Waals surface area contributed by atoms with E-state index in [1.165, 1.54) is 0 Å². The standard InChI is InChI=1S/C23H24N2O6/c26-14-11-20(22(28)29)25(12-14)21(27)9-10-24-23(30)31-13-19-17-7-3-1-5-15(17)16-6-2-4-8-18(16)19/h1-8,14,19-20,26H,9-13H2,(H,24,30)(H,28,29). The Hall–Kier alpha value is -3.39. The molecule has 2 atom stereocenters. The Kier molecular flexibility index (Phi) is 5.90. The molecule has 31 heavy (non-hydrogen) atoms. The van der Waals surface area contributed by atoms with E-state index in [1.54, 1.807) is 0 Å². The predicted octanol–water partition coefficient (Wildman–Crippen LogP) is 1.96. The number of aliphatic hydroxyl groups excluding tert-OH is 1. The molecule has 1 saturated heterocycles. The van der Waals surface area contributed by atoms with E-state index in [0.717, 1.165) is 27.2 Å². The van der Waals surface area contributed by atoms with Crippen molar-refractivity contribution < 1.29 is 29.3 Å². The number of benzene rings is 2. The van der Waals surface area contributed by atoms with Gasteiger partial charge in [0.1, 0.15) is 12.6 Å². The van der Waals surface area contributed by atoms with E-state index in [-0.39, 0.29) is 38.5 Å². The number of ether oxygens (including phenoxy) is 1. The lowest BCUT2D eigenvalue weighted by atomic mass is 9.98. The number of rotatable bonds is 6. The minimum Gasteiger partial charge on any atom is -0.480 e. The van der Waals surface area contributed by atoms with E-state index in [9.17, 15) is 24.6 Å². The zero-order valence-corrected chi connectivity index (χ0v) is 16.9. The monoisotopic (exact) mass is 424 g/mol. The number of carboxylic acids is 1. The number of carbonyl (C=O) groups excluding carboxylic acids is 2. The average molecular weight is 424 g/mol. The van der Waals surface area contributed by atoms with Crippen molar-refractivity contribution in [3.63, 3.8) is 0 Å². The maximum Gasteiger partial charge on any atom is 0.407 e. The number of aliphatic carboxylic acids is 1. The second kappa shape index (κ2) is 8.77. The first-order valence-electron chi connectivity index (χ1n) is 10.2. The molecule has 3 N–H and O–H groups in total. The highest BCUT2D eigenvalue weighted by Gasteiger charge is 2.38. The highest BCUT2D eigenvalue weighted by molar-refractivity contribution is 5.85. The summed E-state index contributed by atoms with van der Waals surface area (Å²) < 4.78 is 5.41. The van der Waals surface area contributed by atoms with Crippen LogP contribution in [0.3, 0.4) is 0 Å². The van der Waals surface area contributed by atoms with Crippen molar-refractivity contribution >= 4 is 18.0 Å². The molecule has 0 spiro atoms. The van der Waals surface area contributed by atoms with Gasteiger partial charge in [0.05, 0.1) is 6.10 Å². The van der Waals surface area contributed by atoms with Crippen molar-refractivity contribution in [2.75, 3.05) is 19.7 Å². The molecule has 1 heterocycles. The summed E-state index contributed by atoms with van der Waals surface area (Å²) in [6.45, 7) is 0.183. The number of likely N-dealkylation sites (tertiary alicyclic amines) is 1. The van der Waals surface area contributed by atoms with Crippen LogP contribution >= 0.6 is 0 Å². The number of nitrogens with one attached hydrogen (secondary N) is 1. The van der Waals surface area contributed by atoms with Gasteiger partial charge in [-0.3, -0.25) is 4.79 Å². The second-order valence-electron chi connectivity index (χ2n) is 7.79. The van der Waals surface area contributed by atoms with Gasteiger partial charge in [0.25, 0.3) is 0 Å². The summed E-state index contributed by atoms with van der Waals surface area (Å²) in [5.74, 6) is -1.63. The van der Waals surface area contributed by atoms with Crippen LogP contribution in [0.1, 0.15) is 29.9 Å². The lowest BCUT2D eigenvalue weighted by Gasteiger charge is -2.21. The molecule has 2 amide bonds. The van der Waals surface area contributed by atoms with Gasteiger partial charge in [-0.05, 0) is 22.3 Å². The fourth-order valence-electron chi connectivity index (χ4n) is 4.39. The quantitative estimate of drug-likeness (QED) is 0.653. The van der Waals surface area contributed by atoms with Crippen LogP contribution in [0, 0.1) is 0 Å². The molecule has 2 aromatic carbocycles. The Morgan fingerprint density at radius 3 is 2.26 bits per heavy atom. The third-order valence-corrected chi connectivity index (χ3v) is 5.84. The van der Waals surface area contributed by atoms with Crippen molar-refractivity contribution in [1.29, 1.82) is 0 Å². The molecule has 2 aromatic rings. The zero-order valence-electron chi connectivity index (χ0n) is 16.9. The summed E-state index contributed by atoms with van der Waals surface area (Å²) in [5.41, 5.74) is 4.50. The van der Waals surface area contributed by atoms with Gasteiger partial charge in [-0.2, -0.15) is 0 Å². The van der Waals surface area contributed by atoms with Gasteiger partial charge in [0.15, 0.2) is 0 Å². The number of aliphatic hydroxyl groups is 1. The molecule has 162 valence electrons. The maximum absolute atomic E-state index is 12.3. The fourth-order valence-corrected chi connectivity index (χ4v) is 4.39. The van der Waals surface area contributed by atoms with Gasteiger partial charge >= 0.3 is 12.1 Å². The summed E-state index contributed by atoms with van der Waals surface area (Å²) in [4.78, 5) is 36.8. The van der Waals surface area contributed by atoms with Crippen LogP contribution in [-0.4, -0.2) is 64.9 Å². The van der Waals surface area contributed by atoms with E-state index in [4.69, 9.17) is 4.74 Å². The summed E-state index contributed by atoms with van der Waals surface area (Å²) in [6, 6.07) is 15.0. The van der Waals surface area contributed by atoms with Gasteiger partial charge in [-0.1, -0.05) is 48.5 Å². The molecule has 8 nitrogen and oxygen atoms in total. The third-order valence-electron chi connectivity index (χ3n) is 5.84. The second-order valence-corrected chi connectivity index (χ2v) is 7.79. The van der Waals surface area contributed by atoms with E-state index in [1.807, 2.05) is 36.4 Å². The maximum atomic E-state index is 12.3. The molecule has 4 rings (SSSR count). The van der Waals surface area contributed by atoms with Crippen LogP contribution in [0.4, 0.5) is 4.79 Å². The van der Waals surface area contributed by atoms with Crippen molar-refractivity contribution in [2.45, 2.75) is 30.9 Å². The number of hydrogen-bond acceptors (Lipinski definition) is 5. The summed E-state index contributed by atoms with van der Waals surface area (Å²) in [5, 5.41) is 21.4. The average Bonchev–Trinajstić information content (AvgIpc) is 3.31. The summed E-state index contributed by atoms with van der Waals surface area (Å²) >= 11 is 0. The fraction of sp³-hybridized carbons (Fsp3) is 0.348. The van der Waals surface area contributed by atoms with Crippen LogP contribution < -0.4 is 5.32 Å². The number of amides is 2. The van der Waals surface area contributed by atoms with Gasteiger partial charge < -0.3 is 25.2 Å². The van der Waals surface area contributed by atoms with Gasteiger partial charge in [0.2, 0.25) is 5.91 Å². The molecule has 8 heteroatoms. The van der Waals surface area contributed by atoms with Gasteiger partial charge in [0, 0.05) is 31.8 Å². The lowest BCUT2D eigenvalue weighted by molar-refractivity contribution is -0.148. The van der Waals surface area contributed by atoms with E-state index >= 15 is 0 Å². The van der Waals surface area contributed by atoms with Crippen molar-refractivity contribution in [1.82, 2.24) is 10.2 Å². The van der Waals surface area contributed by atoms with Crippen LogP contribution in [0.5, 0.6) is 0 Å². The molecule has 1 aliphatic heterocycles. The molecule has 0 radical (unpaired) electrons. The molecule has 0 aromatic heterocycles. The Morgan fingerprint density at radius 2 is 1.65 bits per heavy atom. The van der Waals surface area contributed by atoms with Gasteiger partial charge in [-0.15, -0.1) is 0 Å². The van der Waals surface area contributed by atoms with E-state index in [2.05, 4.69) is 17.4 Å². The molecule has 2 unspecified atom stereocenters. The molecule has 2 aliphatic rings. The summed E-state index contributed by atoms with van der Waals surface area (Å²) in [7, 11) is 0. The normalized spacial score (nSPS) is 19.6. The highest BCUT2D eigenvalue weighted by atomic mass is 16.5. The first-order chi connectivity index (χ1) is 15.0. The number of nitrogens with zero attached hydrogens (tertiary/aromatic N) is 1. The molecule has 1 aliphatic carbocycles. The minimum atomic E-state index is -1.14. The third kappa shape index (κ3) is 4.25. The minimum absolute atomic E-state index is 0.0132. The Balaban J connectivity index is 1.29. The van der Waals surface area contributed by atoms with Crippen LogP contribution in [-0.2, 0) is 14.3 Å². The van der Waals surface area contributed by atoms with E-state index < -0.39 is 30.1 Å². The van der Waals surface area contributed by atoms with Crippen LogP contribution in [0.15, 0.2) is 48.5 Å².